The summed E-state index contributed by atoms with van der Waals surface area (Å²) in [5, 5.41) is 4.67. The van der Waals surface area contributed by atoms with Crippen molar-refractivity contribution in [3.8, 4) is 0 Å². The van der Waals surface area contributed by atoms with E-state index in [0.717, 1.165) is 25.6 Å². The first-order valence-electron chi connectivity index (χ1n) is 7.78. The van der Waals surface area contributed by atoms with Crippen LogP contribution in [0.1, 0.15) is 51.8 Å². The van der Waals surface area contributed by atoms with Crippen molar-refractivity contribution in [3.05, 3.63) is 17.5 Å². The summed E-state index contributed by atoms with van der Waals surface area (Å²) in [5.41, 5.74) is 8.64. The molecule has 114 valence electrons. The van der Waals surface area contributed by atoms with E-state index in [1.54, 1.807) is 0 Å². The van der Waals surface area contributed by atoms with Gasteiger partial charge in [0, 0.05) is 43.4 Å². The van der Waals surface area contributed by atoms with E-state index in [0.29, 0.717) is 6.04 Å². The Morgan fingerprint density at radius 3 is 2.70 bits per heavy atom. The third kappa shape index (κ3) is 3.41. The fourth-order valence-corrected chi connectivity index (χ4v) is 3.26. The topological polar surface area (TPSA) is 47.1 Å². The van der Waals surface area contributed by atoms with Crippen molar-refractivity contribution in [1.29, 1.82) is 0 Å². The van der Waals surface area contributed by atoms with Gasteiger partial charge in [-0.1, -0.05) is 27.7 Å². The molecular weight excluding hydrogens is 248 g/mol. The van der Waals surface area contributed by atoms with Crippen molar-refractivity contribution >= 4 is 0 Å². The Labute approximate surface area is 123 Å². The monoisotopic (exact) mass is 278 g/mol. The summed E-state index contributed by atoms with van der Waals surface area (Å²) < 4.78 is 1.94. The van der Waals surface area contributed by atoms with E-state index in [9.17, 15) is 0 Å². The van der Waals surface area contributed by atoms with Crippen LogP contribution in [-0.2, 0) is 19.0 Å². The molecule has 0 amide bonds. The number of aromatic nitrogens is 2. The third-order valence-corrected chi connectivity index (χ3v) is 4.36. The first-order chi connectivity index (χ1) is 9.31. The minimum absolute atomic E-state index is 0.0951. The van der Waals surface area contributed by atoms with E-state index < -0.39 is 0 Å². The highest BCUT2D eigenvalue weighted by Gasteiger charge is 2.28. The highest BCUT2D eigenvalue weighted by Crippen LogP contribution is 2.28. The van der Waals surface area contributed by atoms with Gasteiger partial charge in [-0.2, -0.15) is 5.10 Å². The number of likely N-dealkylation sites (tertiary alicyclic amines) is 1. The molecule has 0 aliphatic carbocycles. The molecule has 0 aromatic carbocycles. The number of aryl methyl sites for hydroxylation is 1. The Hall–Kier alpha value is -0.870. The standard InChI is InChI=1S/C16H30N4/c1-12-6-7-20(14(8-12)9-17)11-13-10-19(5)18-15(13)16(2,3)4/h10,12,14H,6-9,11,17H2,1-5H3. The normalized spacial score (nSPS) is 25.1. The molecule has 2 heterocycles. The zero-order valence-corrected chi connectivity index (χ0v) is 13.7. The highest BCUT2D eigenvalue weighted by atomic mass is 15.3. The fourth-order valence-electron chi connectivity index (χ4n) is 3.26. The average molecular weight is 278 g/mol. The molecule has 1 fully saturated rings. The van der Waals surface area contributed by atoms with Crippen molar-refractivity contribution in [2.24, 2.45) is 18.7 Å². The zero-order valence-electron chi connectivity index (χ0n) is 13.7. The summed E-state index contributed by atoms with van der Waals surface area (Å²) in [6.45, 7) is 11.9. The minimum Gasteiger partial charge on any atom is -0.329 e. The number of nitrogens with two attached hydrogens (primary N) is 1. The molecule has 1 saturated heterocycles. The van der Waals surface area contributed by atoms with Gasteiger partial charge in [-0.05, 0) is 25.3 Å². The summed E-state index contributed by atoms with van der Waals surface area (Å²) in [4.78, 5) is 2.55. The fraction of sp³-hybridized carbons (Fsp3) is 0.812. The first kappa shape index (κ1) is 15.5. The Morgan fingerprint density at radius 2 is 2.10 bits per heavy atom. The van der Waals surface area contributed by atoms with Gasteiger partial charge in [0.05, 0.1) is 5.69 Å². The molecule has 0 saturated carbocycles. The Morgan fingerprint density at radius 1 is 1.40 bits per heavy atom. The highest BCUT2D eigenvalue weighted by molar-refractivity contribution is 5.24. The van der Waals surface area contributed by atoms with Crippen LogP contribution in [0.3, 0.4) is 0 Å². The van der Waals surface area contributed by atoms with Gasteiger partial charge < -0.3 is 5.73 Å². The third-order valence-electron chi connectivity index (χ3n) is 4.36. The molecule has 1 aromatic rings. The lowest BCUT2D eigenvalue weighted by Crippen LogP contribution is -2.45. The maximum atomic E-state index is 5.98. The number of hydrogen-bond acceptors (Lipinski definition) is 3. The summed E-state index contributed by atoms with van der Waals surface area (Å²) >= 11 is 0. The molecule has 4 nitrogen and oxygen atoms in total. The van der Waals surface area contributed by atoms with E-state index in [2.05, 4.69) is 43.9 Å². The molecule has 2 rings (SSSR count). The lowest BCUT2D eigenvalue weighted by molar-refractivity contribution is 0.114. The second-order valence-electron chi connectivity index (χ2n) is 7.42. The smallest absolute Gasteiger partial charge is 0.0722 e. The van der Waals surface area contributed by atoms with Crippen LogP contribution in [-0.4, -0.2) is 33.8 Å². The molecule has 2 unspecified atom stereocenters. The Balaban J connectivity index is 2.17. The summed E-state index contributed by atoms with van der Waals surface area (Å²) in [6.07, 6.45) is 4.68. The van der Waals surface area contributed by atoms with Crippen LogP contribution >= 0.6 is 0 Å². The number of hydrogen-bond donors (Lipinski definition) is 1. The second-order valence-corrected chi connectivity index (χ2v) is 7.42. The first-order valence-corrected chi connectivity index (χ1v) is 7.78. The van der Waals surface area contributed by atoms with Gasteiger partial charge in [0.2, 0.25) is 0 Å². The molecule has 2 atom stereocenters. The lowest BCUT2D eigenvalue weighted by atomic mass is 9.88. The van der Waals surface area contributed by atoms with Gasteiger partial charge in [0.25, 0.3) is 0 Å². The van der Waals surface area contributed by atoms with E-state index in [-0.39, 0.29) is 5.41 Å². The van der Waals surface area contributed by atoms with Crippen molar-refractivity contribution in [3.63, 3.8) is 0 Å². The molecule has 0 spiro atoms. The minimum atomic E-state index is 0.0951. The summed E-state index contributed by atoms with van der Waals surface area (Å²) in [7, 11) is 2.01. The van der Waals surface area contributed by atoms with Crippen LogP contribution in [0.2, 0.25) is 0 Å². The van der Waals surface area contributed by atoms with Crippen LogP contribution in [0.5, 0.6) is 0 Å². The van der Waals surface area contributed by atoms with Crippen LogP contribution in [0.25, 0.3) is 0 Å². The Kier molecular flexibility index (Phi) is 4.55. The van der Waals surface area contributed by atoms with E-state index in [1.165, 1.54) is 24.1 Å². The molecule has 0 radical (unpaired) electrons. The molecule has 2 N–H and O–H groups in total. The molecular formula is C16H30N4. The zero-order chi connectivity index (χ0) is 14.9. The summed E-state index contributed by atoms with van der Waals surface area (Å²) in [6, 6.07) is 0.520. The maximum absolute atomic E-state index is 5.98. The number of piperidine rings is 1. The van der Waals surface area contributed by atoms with Gasteiger partial charge in [0.1, 0.15) is 0 Å². The van der Waals surface area contributed by atoms with Crippen molar-refractivity contribution in [2.75, 3.05) is 13.1 Å². The van der Waals surface area contributed by atoms with Crippen LogP contribution < -0.4 is 5.73 Å². The van der Waals surface area contributed by atoms with Crippen molar-refractivity contribution in [2.45, 2.75) is 58.5 Å². The summed E-state index contributed by atoms with van der Waals surface area (Å²) in [5.74, 6) is 0.802. The molecule has 0 bridgehead atoms. The Bertz CT molecular complexity index is 444. The second kappa shape index (κ2) is 5.86. The van der Waals surface area contributed by atoms with Gasteiger partial charge >= 0.3 is 0 Å². The molecule has 1 aliphatic rings. The quantitative estimate of drug-likeness (QED) is 0.922. The van der Waals surface area contributed by atoms with Crippen molar-refractivity contribution in [1.82, 2.24) is 14.7 Å². The number of rotatable bonds is 3. The van der Waals surface area contributed by atoms with E-state index >= 15 is 0 Å². The molecule has 1 aliphatic heterocycles. The SMILES string of the molecule is CC1CCN(Cc2cn(C)nc2C(C)(C)C)C(CN)C1. The largest absolute Gasteiger partial charge is 0.329 e. The van der Waals surface area contributed by atoms with Gasteiger partial charge in [0.15, 0.2) is 0 Å². The van der Waals surface area contributed by atoms with Gasteiger partial charge in [-0.3, -0.25) is 9.58 Å². The molecule has 1 aromatic heterocycles. The molecule has 4 heteroatoms. The van der Waals surface area contributed by atoms with Crippen LogP contribution in [0.4, 0.5) is 0 Å². The maximum Gasteiger partial charge on any atom is 0.0722 e. The van der Waals surface area contributed by atoms with E-state index in [1.807, 2.05) is 11.7 Å². The van der Waals surface area contributed by atoms with Crippen LogP contribution in [0.15, 0.2) is 6.20 Å². The van der Waals surface area contributed by atoms with Gasteiger partial charge in [-0.25, -0.2) is 0 Å². The molecule has 20 heavy (non-hydrogen) atoms. The lowest BCUT2D eigenvalue weighted by Gasteiger charge is -2.38. The number of nitrogens with zero attached hydrogens (tertiary/aromatic N) is 3. The predicted octanol–water partition coefficient (Wildman–Crippen LogP) is 2.28. The predicted molar refractivity (Wildman–Crippen MR) is 83.6 cm³/mol. The van der Waals surface area contributed by atoms with Gasteiger partial charge in [-0.15, -0.1) is 0 Å². The van der Waals surface area contributed by atoms with Crippen LogP contribution in [0, 0.1) is 5.92 Å². The average Bonchev–Trinajstić information content (AvgIpc) is 2.72. The van der Waals surface area contributed by atoms with Crippen molar-refractivity contribution < 1.29 is 0 Å². The van der Waals surface area contributed by atoms with E-state index in [4.69, 9.17) is 5.73 Å².